The van der Waals surface area contributed by atoms with Crippen molar-refractivity contribution in [2.75, 3.05) is 30.3 Å². The van der Waals surface area contributed by atoms with Gasteiger partial charge in [-0.15, -0.1) is 0 Å². The minimum atomic E-state index is -0.767. The predicted molar refractivity (Wildman–Crippen MR) is 90.2 cm³/mol. The molecule has 0 saturated carbocycles. The standard InChI is InChI=1S/C14H26N2O3S2/c1-14(2,4-3-12(17)18)5-6-15-13(19)16-9-11-10-20-7-8-21-11/h11H,3-10H2,1-2H3,(H,17,18)(H2,15,16,19). The summed E-state index contributed by atoms with van der Waals surface area (Å²) in [5, 5.41) is 15.0. The first kappa shape index (κ1) is 18.5. The van der Waals surface area contributed by atoms with Gasteiger partial charge in [-0.05, 0) is 18.3 Å². The second-order valence-electron chi connectivity index (χ2n) is 6.01. The van der Waals surface area contributed by atoms with E-state index in [2.05, 4.69) is 10.6 Å². The van der Waals surface area contributed by atoms with Crippen molar-refractivity contribution in [3.8, 4) is 0 Å². The Morgan fingerprint density at radius 3 is 2.62 bits per heavy atom. The van der Waals surface area contributed by atoms with Crippen LogP contribution in [0, 0.1) is 5.41 Å². The average Bonchev–Trinajstić information content (AvgIpc) is 2.44. The van der Waals surface area contributed by atoms with Gasteiger partial charge >= 0.3 is 12.0 Å². The highest BCUT2D eigenvalue weighted by molar-refractivity contribution is 8.06. The molecule has 1 saturated heterocycles. The van der Waals surface area contributed by atoms with Gasteiger partial charge in [-0.25, -0.2) is 4.79 Å². The molecule has 0 aromatic carbocycles. The van der Waals surface area contributed by atoms with E-state index in [1.807, 2.05) is 37.4 Å². The topological polar surface area (TPSA) is 78.4 Å². The molecular formula is C14H26N2O3S2. The fourth-order valence-electron chi connectivity index (χ4n) is 2.01. The van der Waals surface area contributed by atoms with E-state index in [0.29, 0.717) is 24.8 Å². The van der Waals surface area contributed by atoms with Gasteiger partial charge < -0.3 is 15.7 Å². The Hall–Kier alpha value is -0.560. The lowest BCUT2D eigenvalue weighted by molar-refractivity contribution is -0.137. The van der Waals surface area contributed by atoms with Crippen LogP contribution >= 0.6 is 23.5 Å². The second kappa shape index (κ2) is 9.46. The lowest BCUT2D eigenvalue weighted by atomic mass is 9.84. The maximum absolute atomic E-state index is 11.7. The summed E-state index contributed by atoms with van der Waals surface area (Å²) in [6, 6.07) is -0.125. The van der Waals surface area contributed by atoms with Crippen molar-refractivity contribution >= 4 is 35.5 Å². The molecule has 122 valence electrons. The smallest absolute Gasteiger partial charge is 0.314 e. The van der Waals surface area contributed by atoms with E-state index in [1.165, 1.54) is 5.75 Å². The third kappa shape index (κ3) is 9.14. The number of urea groups is 1. The zero-order valence-corrected chi connectivity index (χ0v) is 14.4. The average molecular weight is 335 g/mol. The van der Waals surface area contributed by atoms with Crippen LogP contribution in [0.3, 0.4) is 0 Å². The fourth-order valence-corrected chi connectivity index (χ4v) is 4.62. The summed E-state index contributed by atoms with van der Waals surface area (Å²) in [4.78, 5) is 22.3. The molecule has 0 radical (unpaired) electrons. The SMILES string of the molecule is CC(C)(CCNC(=O)NCC1CSCCS1)CCC(=O)O. The van der Waals surface area contributed by atoms with Crippen molar-refractivity contribution in [3.63, 3.8) is 0 Å². The number of amides is 2. The van der Waals surface area contributed by atoms with Gasteiger partial charge in [0.25, 0.3) is 0 Å². The number of nitrogens with one attached hydrogen (secondary N) is 2. The molecule has 1 aliphatic heterocycles. The van der Waals surface area contributed by atoms with Gasteiger partial charge in [-0.3, -0.25) is 4.79 Å². The van der Waals surface area contributed by atoms with E-state index in [9.17, 15) is 9.59 Å². The van der Waals surface area contributed by atoms with Crippen LogP contribution in [0.15, 0.2) is 0 Å². The quantitative estimate of drug-likeness (QED) is 0.635. The normalized spacial score (nSPS) is 19.0. The van der Waals surface area contributed by atoms with Crippen LogP contribution in [0.25, 0.3) is 0 Å². The summed E-state index contributed by atoms with van der Waals surface area (Å²) in [6.45, 7) is 5.35. The summed E-state index contributed by atoms with van der Waals surface area (Å²) in [5.41, 5.74) is -0.0679. The molecule has 1 aliphatic rings. The molecule has 1 fully saturated rings. The predicted octanol–water partition coefficient (Wildman–Crippen LogP) is 2.42. The summed E-state index contributed by atoms with van der Waals surface area (Å²) in [7, 11) is 0. The van der Waals surface area contributed by atoms with E-state index >= 15 is 0 Å². The third-order valence-corrected chi connectivity index (χ3v) is 6.32. The Bertz CT molecular complexity index is 345. The van der Waals surface area contributed by atoms with Crippen molar-refractivity contribution in [2.45, 2.75) is 38.4 Å². The van der Waals surface area contributed by atoms with E-state index in [0.717, 1.165) is 17.9 Å². The first-order valence-corrected chi connectivity index (χ1v) is 9.52. The highest BCUT2D eigenvalue weighted by Gasteiger charge is 2.19. The lowest BCUT2D eigenvalue weighted by Gasteiger charge is -2.24. The Kier molecular flexibility index (Phi) is 8.33. The van der Waals surface area contributed by atoms with Crippen LogP contribution in [-0.4, -0.2) is 52.7 Å². The fraction of sp³-hybridized carbons (Fsp3) is 0.857. The van der Waals surface area contributed by atoms with Gasteiger partial charge in [0.2, 0.25) is 0 Å². The molecule has 1 heterocycles. The highest BCUT2D eigenvalue weighted by Crippen LogP contribution is 2.26. The second-order valence-corrected chi connectivity index (χ2v) is 8.57. The first-order chi connectivity index (χ1) is 9.89. The van der Waals surface area contributed by atoms with Crippen LogP contribution < -0.4 is 10.6 Å². The molecule has 1 atom stereocenters. The first-order valence-electron chi connectivity index (χ1n) is 7.32. The highest BCUT2D eigenvalue weighted by atomic mass is 32.2. The van der Waals surface area contributed by atoms with Crippen LogP contribution in [0.5, 0.6) is 0 Å². The minimum Gasteiger partial charge on any atom is -0.481 e. The summed E-state index contributed by atoms with van der Waals surface area (Å²) < 4.78 is 0. The van der Waals surface area contributed by atoms with E-state index < -0.39 is 5.97 Å². The number of hydrogen-bond donors (Lipinski definition) is 3. The molecule has 7 heteroatoms. The van der Waals surface area contributed by atoms with Crippen molar-refractivity contribution in [2.24, 2.45) is 5.41 Å². The largest absolute Gasteiger partial charge is 0.481 e. The number of carboxylic acids is 1. The molecular weight excluding hydrogens is 308 g/mol. The number of hydrogen-bond acceptors (Lipinski definition) is 4. The molecule has 21 heavy (non-hydrogen) atoms. The van der Waals surface area contributed by atoms with Crippen molar-refractivity contribution < 1.29 is 14.7 Å². The monoisotopic (exact) mass is 334 g/mol. The van der Waals surface area contributed by atoms with Gasteiger partial charge in [0, 0.05) is 42.0 Å². The van der Waals surface area contributed by atoms with E-state index in [-0.39, 0.29) is 17.9 Å². The summed E-state index contributed by atoms with van der Waals surface area (Å²) in [5.74, 6) is 2.71. The van der Waals surface area contributed by atoms with Crippen molar-refractivity contribution in [1.29, 1.82) is 0 Å². The van der Waals surface area contributed by atoms with Crippen LogP contribution in [0.2, 0.25) is 0 Å². The van der Waals surface area contributed by atoms with E-state index in [4.69, 9.17) is 5.11 Å². The third-order valence-electron chi connectivity index (χ3n) is 3.48. The van der Waals surface area contributed by atoms with Crippen molar-refractivity contribution in [1.82, 2.24) is 10.6 Å². The Morgan fingerprint density at radius 1 is 1.24 bits per heavy atom. The van der Waals surface area contributed by atoms with Crippen molar-refractivity contribution in [3.05, 3.63) is 0 Å². The Labute approximate surface area is 135 Å². The lowest BCUT2D eigenvalue weighted by Crippen LogP contribution is -2.41. The molecule has 0 aliphatic carbocycles. The van der Waals surface area contributed by atoms with Crippen LogP contribution in [0.4, 0.5) is 4.79 Å². The van der Waals surface area contributed by atoms with Gasteiger partial charge in [0.1, 0.15) is 0 Å². The number of carboxylic acid groups (broad SMARTS) is 1. The van der Waals surface area contributed by atoms with Gasteiger partial charge in [-0.2, -0.15) is 23.5 Å². The van der Waals surface area contributed by atoms with Gasteiger partial charge in [0.05, 0.1) is 0 Å². The number of rotatable bonds is 8. The molecule has 5 nitrogen and oxygen atoms in total. The van der Waals surface area contributed by atoms with E-state index in [1.54, 1.807) is 0 Å². The maximum Gasteiger partial charge on any atom is 0.314 e. The van der Waals surface area contributed by atoms with Gasteiger partial charge in [0.15, 0.2) is 0 Å². The maximum atomic E-state index is 11.7. The number of thioether (sulfide) groups is 2. The number of carbonyl (C=O) groups excluding carboxylic acids is 1. The molecule has 0 spiro atoms. The molecule has 1 rings (SSSR count). The number of carbonyl (C=O) groups is 2. The minimum absolute atomic E-state index is 0.0679. The molecule has 0 aromatic heterocycles. The molecule has 0 bridgehead atoms. The zero-order chi connectivity index (χ0) is 15.7. The molecule has 2 amide bonds. The molecule has 1 unspecified atom stereocenters. The Balaban J connectivity index is 2.10. The van der Waals surface area contributed by atoms with Crippen LogP contribution in [-0.2, 0) is 4.79 Å². The van der Waals surface area contributed by atoms with Crippen LogP contribution in [0.1, 0.15) is 33.1 Å². The molecule has 0 aromatic rings. The zero-order valence-electron chi connectivity index (χ0n) is 12.8. The summed E-state index contributed by atoms with van der Waals surface area (Å²) in [6.07, 6.45) is 1.58. The number of aliphatic carboxylic acids is 1. The Morgan fingerprint density at radius 2 is 2.00 bits per heavy atom. The van der Waals surface area contributed by atoms with Gasteiger partial charge in [-0.1, -0.05) is 13.8 Å². The summed E-state index contributed by atoms with van der Waals surface area (Å²) >= 11 is 3.87. The molecule has 3 N–H and O–H groups in total.